The monoisotopic (exact) mass is 307 g/mol. The van der Waals surface area contributed by atoms with Crippen LogP contribution in [0.5, 0.6) is 5.75 Å². The van der Waals surface area contributed by atoms with E-state index in [2.05, 4.69) is 5.32 Å². The lowest BCUT2D eigenvalue weighted by Crippen LogP contribution is -2.22. The Hall–Kier alpha value is -1.58. The summed E-state index contributed by atoms with van der Waals surface area (Å²) in [6, 6.07) is 12.7. The van der Waals surface area contributed by atoms with Crippen molar-refractivity contribution in [1.29, 1.82) is 0 Å². The summed E-state index contributed by atoms with van der Waals surface area (Å²) in [5.74, 6) is 0.441. The summed E-state index contributed by atoms with van der Waals surface area (Å²) in [5.41, 5.74) is 2.02. The molecule has 112 valence electrons. The van der Waals surface area contributed by atoms with Crippen molar-refractivity contribution in [3.05, 3.63) is 64.4 Å². The largest absolute Gasteiger partial charge is 0.494 e. The minimum absolute atomic E-state index is 0.0243. The highest BCUT2D eigenvalue weighted by atomic mass is 35.5. The van der Waals surface area contributed by atoms with Crippen LogP contribution >= 0.6 is 11.6 Å². The zero-order valence-corrected chi connectivity index (χ0v) is 13.0. The second-order valence-corrected chi connectivity index (χ2v) is 5.07. The highest BCUT2D eigenvalue weighted by Crippen LogP contribution is 2.27. The lowest BCUT2D eigenvalue weighted by atomic mass is 9.98. The first-order valence-electron chi connectivity index (χ1n) is 7.06. The predicted molar refractivity (Wildman–Crippen MR) is 84.5 cm³/mol. The van der Waals surface area contributed by atoms with Gasteiger partial charge in [-0.3, -0.25) is 0 Å². The lowest BCUT2D eigenvalue weighted by Gasteiger charge is -2.19. The molecule has 2 aromatic rings. The number of hydrogen-bond donors (Lipinski definition) is 1. The Morgan fingerprint density at radius 2 is 1.76 bits per heavy atom. The zero-order chi connectivity index (χ0) is 15.2. The van der Waals surface area contributed by atoms with Gasteiger partial charge < -0.3 is 10.1 Å². The van der Waals surface area contributed by atoms with E-state index in [1.807, 2.05) is 38.1 Å². The Labute approximate surface area is 129 Å². The quantitative estimate of drug-likeness (QED) is 0.843. The molecule has 1 N–H and O–H groups in total. The maximum Gasteiger partial charge on any atom is 0.141 e. The van der Waals surface area contributed by atoms with E-state index in [4.69, 9.17) is 16.3 Å². The van der Waals surface area contributed by atoms with Crippen LogP contribution in [0, 0.1) is 5.82 Å². The van der Waals surface area contributed by atoms with E-state index in [9.17, 15) is 4.39 Å². The van der Waals surface area contributed by atoms with Gasteiger partial charge in [-0.05, 0) is 48.9 Å². The molecule has 0 spiro atoms. The molecule has 2 rings (SSSR count). The summed E-state index contributed by atoms with van der Waals surface area (Å²) in [7, 11) is 0. The van der Waals surface area contributed by atoms with Crippen LogP contribution in [0.1, 0.15) is 31.0 Å². The smallest absolute Gasteiger partial charge is 0.141 e. The van der Waals surface area contributed by atoms with Gasteiger partial charge in [0.05, 0.1) is 17.7 Å². The fourth-order valence-electron chi connectivity index (χ4n) is 2.25. The summed E-state index contributed by atoms with van der Waals surface area (Å²) >= 11 is 5.89. The van der Waals surface area contributed by atoms with E-state index in [1.165, 1.54) is 6.07 Å². The van der Waals surface area contributed by atoms with Gasteiger partial charge in [0, 0.05) is 0 Å². The van der Waals surface area contributed by atoms with Crippen LogP contribution in [0.4, 0.5) is 4.39 Å². The van der Waals surface area contributed by atoms with Gasteiger partial charge in [-0.1, -0.05) is 36.7 Å². The minimum atomic E-state index is -0.401. The molecule has 0 saturated carbocycles. The molecular weight excluding hydrogens is 289 g/mol. The van der Waals surface area contributed by atoms with E-state index in [0.717, 1.165) is 23.4 Å². The third kappa shape index (κ3) is 3.96. The van der Waals surface area contributed by atoms with Crippen LogP contribution in [-0.4, -0.2) is 13.2 Å². The van der Waals surface area contributed by atoms with Gasteiger partial charge in [-0.2, -0.15) is 0 Å². The number of hydrogen-bond acceptors (Lipinski definition) is 2. The second-order valence-electron chi connectivity index (χ2n) is 4.67. The third-order valence-corrected chi connectivity index (χ3v) is 3.50. The van der Waals surface area contributed by atoms with Crippen molar-refractivity contribution in [3.8, 4) is 5.75 Å². The maximum atomic E-state index is 13.3. The average molecular weight is 308 g/mol. The van der Waals surface area contributed by atoms with Crippen molar-refractivity contribution < 1.29 is 9.13 Å². The van der Waals surface area contributed by atoms with Crippen molar-refractivity contribution >= 4 is 11.6 Å². The van der Waals surface area contributed by atoms with Crippen LogP contribution < -0.4 is 10.1 Å². The molecule has 2 nitrogen and oxygen atoms in total. The molecule has 1 unspecified atom stereocenters. The number of nitrogens with one attached hydrogen (secondary N) is 1. The van der Waals surface area contributed by atoms with E-state index < -0.39 is 5.82 Å². The molecule has 1 atom stereocenters. The molecule has 2 aromatic carbocycles. The fraction of sp³-hybridized carbons (Fsp3) is 0.294. The summed E-state index contributed by atoms with van der Waals surface area (Å²) in [6.07, 6.45) is 0. The van der Waals surface area contributed by atoms with Crippen molar-refractivity contribution in [1.82, 2.24) is 5.32 Å². The molecule has 0 bridgehead atoms. The first-order valence-corrected chi connectivity index (χ1v) is 7.44. The van der Waals surface area contributed by atoms with Gasteiger partial charge >= 0.3 is 0 Å². The van der Waals surface area contributed by atoms with Gasteiger partial charge in [0.1, 0.15) is 11.6 Å². The Balaban J connectivity index is 2.31. The molecule has 0 fully saturated rings. The van der Waals surface area contributed by atoms with Crippen LogP contribution in [0.2, 0.25) is 5.02 Å². The van der Waals surface area contributed by atoms with E-state index in [-0.39, 0.29) is 11.1 Å². The molecule has 0 aliphatic rings. The standard InChI is InChI=1S/C17H19ClFNO/c1-3-20-17(13-7-10-16(19)15(18)11-13)12-5-8-14(9-6-12)21-4-2/h5-11,17,20H,3-4H2,1-2H3. The number of rotatable bonds is 6. The van der Waals surface area contributed by atoms with Gasteiger partial charge in [-0.15, -0.1) is 0 Å². The molecule has 0 saturated heterocycles. The van der Waals surface area contributed by atoms with Crippen LogP contribution in [-0.2, 0) is 0 Å². The summed E-state index contributed by atoms with van der Waals surface area (Å²) in [4.78, 5) is 0. The minimum Gasteiger partial charge on any atom is -0.494 e. The Bertz CT molecular complexity index is 586. The molecule has 4 heteroatoms. The topological polar surface area (TPSA) is 21.3 Å². The predicted octanol–water partition coefficient (Wildman–Crippen LogP) is 4.58. The summed E-state index contributed by atoms with van der Waals surface area (Å²) < 4.78 is 18.8. The molecule has 0 aliphatic carbocycles. The van der Waals surface area contributed by atoms with Crippen molar-refractivity contribution in [2.45, 2.75) is 19.9 Å². The Morgan fingerprint density at radius 1 is 1.10 bits per heavy atom. The van der Waals surface area contributed by atoms with Gasteiger partial charge in [0.15, 0.2) is 0 Å². The highest BCUT2D eigenvalue weighted by Gasteiger charge is 2.14. The zero-order valence-electron chi connectivity index (χ0n) is 12.2. The SMILES string of the molecule is CCNC(c1ccc(OCC)cc1)c1ccc(F)c(Cl)c1. The molecule has 0 aromatic heterocycles. The maximum absolute atomic E-state index is 13.3. The van der Waals surface area contributed by atoms with Crippen LogP contribution in [0.15, 0.2) is 42.5 Å². The highest BCUT2D eigenvalue weighted by molar-refractivity contribution is 6.30. The van der Waals surface area contributed by atoms with Crippen molar-refractivity contribution in [2.24, 2.45) is 0 Å². The van der Waals surface area contributed by atoms with E-state index in [1.54, 1.807) is 12.1 Å². The molecule has 0 heterocycles. The summed E-state index contributed by atoms with van der Waals surface area (Å²) in [6.45, 7) is 5.43. The normalized spacial score (nSPS) is 12.2. The van der Waals surface area contributed by atoms with Crippen LogP contribution in [0.3, 0.4) is 0 Å². The Morgan fingerprint density at radius 3 is 2.33 bits per heavy atom. The fourth-order valence-corrected chi connectivity index (χ4v) is 2.44. The third-order valence-electron chi connectivity index (χ3n) is 3.21. The van der Waals surface area contributed by atoms with Gasteiger partial charge in [0.25, 0.3) is 0 Å². The molecule has 0 amide bonds. The van der Waals surface area contributed by atoms with E-state index in [0.29, 0.717) is 6.61 Å². The first-order chi connectivity index (χ1) is 10.2. The van der Waals surface area contributed by atoms with Gasteiger partial charge in [0.2, 0.25) is 0 Å². The molecule has 0 radical (unpaired) electrons. The number of ether oxygens (including phenoxy) is 1. The molecular formula is C17H19ClFNO. The molecule has 0 aliphatic heterocycles. The second kappa shape index (κ2) is 7.43. The summed E-state index contributed by atoms with van der Waals surface area (Å²) in [5, 5.41) is 3.53. The van der Waals surface area contributed by atoms with Crippen LogP contribution in [0.25, 0.3) is 0 Å². The van der Waals surface area contributed by atoms with E-state index >= 15 is 0 Å². The Kier molecular flexibility index (Phi) is 5.59. The number of benzene rings is 2. The first kappa shape index (κ1) is 15.8. The lowest BCUT2D eigenvalue weighted by molar-refractivity contribution is 0.340. The van der Waals surface area contributed by atoms with Crippen molar-refractivity contribution in [3.63, 3.8) is 0 Å². The molecule has 21 heavy (non-hydrogen) atoms. The van der Waals surface area contributed by atoms with Crippen molar-refractivity contribution in [2.75, 3.05) is 13.2 Å². The van der Waals surface area contributed by atoms with Gasteiger partial charge in [-0.25, -0.2) is 4.39 Å². The average Bonchev–Trinajstić information content (AvgIpc) is 2.49. The number of halogens is 2.